The monoisotopic (exact) mass is 238 g/mol. The second-order valence-electron chi connectivity index (χ2n) is 4.26. The third-order valence-electron chi connectivity index (χ3n) is 1.58. The fourth-order valence-corrected chi connectivity index (χ4v) is 1.84. The molecule has 1 aromatic carbocycles. The van der Waals surface area contributed by atoms with E-state index < -0.39 is 5.60 Å². The van der Waals surface area contributed by atoms with E-state index in [-0.39, 0.29) is 5.30 Å². The quantitative estimate of drug-likeness (QED) is 0.449. The molecular weight excluding hydrogens is 224 g/mol. The van der Waals surface area contributed by atoms with Gasteiger partial charge in [0.25, 0.3) is 0 Å². The molecule has 86 valence electrons. The Bertz CT molecular complexity index is 393. The molecule has 0 saturated carbocycles. The van der Waals surface area contributed by atoms with Crippen LogP contribution in [0, 0.1) is 0 Å². The van der Waals surface area contributed by atoms with Crippen LogP contribution in [0.2, 0.25) is 0 Å². The molecule has 0 fully saturated rings. The highest BCUT2D eigenvalue weighted by atomic mass is 32.2. The normalized spacial score (nSPS) is 10.9. The lowest BCUT2D eigenvalue weighted by atomic mass is 10.2. The number of benzene rings is 1. The highest BCUT2D eigenvalue weighted by Gasteiger charge is 2.17. The Balaban J connectivity index is 2.66. The summed E-state index contributed by atoms with van der Waals surface area (Å²) in [6.45, 7) is 5.44. The topological polar surface area (TPSA) is 43.4 Å². The fraction of sp³-hybridized carbons (Fsp3) is 0.333. The van der Waals surface area contributed by atoms with E-state index in [0.717, 1.165) is 18.0 Å². The van der Waals surface area contributed by atoms with Crippen LogP contribution in [0.5, 0.6) is 0 Å². The zero-order valence-electron chi connectivity index (χ0n) is 9.52. The summed E-state index contributed by atoms with van der Waals surface area (Å²) in [4.78, 5) is 22.7. The molecule has 0 spiro atoms. The summed E-state index contributed by atoms with van der Waals surface area (Å²) < 4.78 is 5.15. The predicted molar refractivity (Wildman–Crippen MR) is 63.9 cm³/mol. The van der Waals surface area contributed by atoms with Crippen LogP contribution in [-0.4, -0.2) is 17.2 Å². The standard InChI is InChI=1S/C12H14O3S/c1-12(2,3)15-11(14)16-10-6-4-5-9(7-10)8-13/h4-8H,1-3H3. The molecule has 3 nitrogen and oxygen atoms in total. The Morgan fingerprint density at radius 3 is 2.62 bits per heavy atom. The van der Waals surface area contributed by atoms with Gasteiger partial charge in [-0.15, -0.1) is 0 Å². The number of carbonyl (C=O) groups is 2. The average molecular weight is 238 g/mol. The molecule has 0 aliphatic heterocycles. The third kappa shape index (κ3) is 4.49. The Kier molecular flexibility index (Phi) is 4.12. The van der Waals surface area contributed by atoms with Gasteiger partial charge in [0, 0.05) is 10.5 Å². The van der Waals surface area contributed by atoms with Gasteiger partial charge in [-0.1, -0.05) is 12.1 Å². The summed E-state index contributed by atoms with van der Waals surface area (Å²) in [5.41, 5.74) is 0.0559. The lowest BCUT2D eigenvalue weighted by Crippen LogP contribution is -2.21. The fourth-order valence-electron chi connectivity index (χ4n) is 1.02. The lowest BCUT2D eigenvalue weighted by Gasteiger charge is -2.18. The van der Waals surface area contributed by atoms with Gasteiger partial charge in [0.2, 0.25) is 0 Å². The van der Waals surface area contributed by atoms with Gasteiger partial charge in [0.15, 0.2) is 0 Å². The van der Waals surface area contributed by atoms with Gasteiger partial charge in [0.05, 0.1) is 0 Å². The molecular formula is C12H14O3S. The molecule has 1 rings (SSSR count). The number of ether oxygens (including phenoxy) is 1. The summed E-state index contributed by atoms with van der Waals surface area (Å²) >= 11 is 0.980. The van der Waals surface area contributed by atoms with Crippen LogP contribution in [0.4, 0.5) is 4.79 Å². The van der Waals surface area contributed by atoms with Crippen molar-refractivity contribution < 1.29 is 14.3 Å². The maximum atomic E-state index is 11.5. The predicted octanol–water partition coefficient (Wildman–Crippen LogP) is 3.53. The minimum Gasteiger partial charge on any atom is -0.452 e. The molecule has 1 aromatic rings. The Morgan fingerprint density at radius 1 is 1.38 bits per heavy atom. The first-order valence-electron chi connectivity index (χ1n) is 4.87. The molecule has 0 atom stereocenters. The van der Waals surface area contributed by atoms with Crippen LogP contribution < -0.4 is 0 Å². The van der Waals surface area contributed by atoms with E-state index in [0.29, 0.717) is 10.5 Å². The van der Waals surface area contributed by atoms with Gasteiger partial charge < -0.3 is 4.74 Å². The van der Waals surface area contributed by atoms with Crippen molar-refractivity contribution in [3.05, 3.63) is 29.8 Å². The van der Waals surface area contributed by atoms with Gasteiger partial charge >= 0.3 is 5.30 Å². The summed E-state index contributed by atoms with van der Waals surface area (Å²) in [6, 6.07) is 6.84. The van der Waals surface area contributed by atoms with Crippen molar-refractivity contribution in [1.82, 2.24) is 0 Å². The molecule has 0 N–H and O–H groups in total. The largest absolute Gasteiger partial charge is 0.452 e. The van der Waals surface area contributed by atoms with Gasteiger partial charge in [-0.25, -0.2) is 4.79 Å². The van der Waals surface area contributed by atoms with Crippen molar-refractivity contribution in [2.24, 2.45) is 0 Å². The number of rotatable bonds is 2. The molecule has 0 bridgehead atoms. The number of hydrogen-bond acceptors (Lipinski definition) is 4. The summed E-state index contributed by atoms with van der Waals surface area (Å²) in [6.07, 6.45) is 0.749. The van der Waals surface area contributed by atoms with E-state index in [1.165, 1.54) is 0 Å². The van der Waals surface area contributed by atoms with E-state index >= 15 is 0 Å². The van der Waals surface area contributed by atoms with Crippen molar-refractivity contribution in [3.63, 3.8) is 0 Å². The van der Waals surface area contributed by atoms with Crippen LogP contribution in [0.1, 0.15) is 31.1 Å². The Morgan fingerprint density at radius 2 is 2.06 bits per heavy atom. The van der Waals surface area contributed by atoms with Gasteiger partial charge in [-0.05, 0) is 44.7 Å². The van der Waals surface area contributed by atoms with Crippen molar-refractivity contribution in [1.29, 1.82) is 0 Å². The van der Waals surface area contributed by atoms with E-state index in [1.807, 2.05) is 20.8 Å². The van der Waals surface area contributed by atoms with Crippen molar-refractivity contribution in [2.75, 3.05) is 0 Å². The smallest absolute Gasteiger partial charge is 0.372 e. The molecule has 4 heteroatoms. The molecule has 0 amide bonds. The first-order chi connectivity index (χ1) is 7.40. The van der Waals surface area contributed by atoms with Crippen molar-refractivity contribution in [3.8, 4) is 0 Å². The Labute approximate surface area is 99.2 Å². The molecule has 0 heterocycles. The molecule has 0 aliphatic carbocycles. The summed E-state index contributed by atoms with van der Waals surface area (Å²) in [5, 5.41) is -0.365. The van der Waals surface area contributed by atoms with Crippen molar-refractivity contribution in [2.45, 2.75) is 31.3 Å². The molecule has 16 heavy (non-hydrogen) atoms. The van der Waals surface area contributed by atoms with Crippen LogP contribution in [-0.2, 0) is 4.74 Å². The van der Waals surface area contributed by atoms with Crippen LogP contribution >= 0.6 is 11.8 Å². The zero-order valence-corrected chi connectivity index (χ0v) is 10.3. The second kappa shape index (κ2) is 5.16. The summed E-state index contributed by atoms with van der Waals surface area (Å²) in [5.74, 6) is 0. The number of carbonyl (C=O) groups excluding carboxylic acids is 2. The minimum absolute atomic E-state index is 0.365. The third-order valence-corrected chi connectivity index (χ3v) is 2.32. The number of aldehydes is 1. The first kappa shape index (κ1) is 12.8. The minimum atomic E-state index is -0.494. The maximum Gasteiger partial charge on any atom is 0.372 e. The zero-order chi connectivity index (χ0) is 12.2. The van der Waals surface area contributed by atoms with Crippen LogP contribution in [0.25, 0.3) is 0 Å². The maximum absolute atomic E-state index is 11.5. The van der Waals surface area contributed by atoms with E-state index in [9.17, 15) is 9.59 Å². The molecule has 0 unspecified atom stereocenters. The lowest BCUT2D eigenvalue weighted by molar-refractivity contribution is 0.0738. The van der Waals surface area contributed by atoms with Crippen LogP contribution in [0.3, 0.4) is 0 Å². The molecule has 0 aliphatic rings. The average Bonchev–Trinajstić information content (AvgIpc) is 2.15. The molecule has 0 saturated heterocycles. The first-order valence-corrected chi connectivity index (χ1v) is 5.68. The second-order valence-corrected chi connectivity index (χ2v) is 5.27. The van der Waals surface area contributed by atoms with Gasteiger partial charge in [-0.3, -0.25) is 4.79 Å². The van der Waals surface area contributed by atoms with Gasteiger partial charge in [0.1, 0.15) is 11.9 Å². The highest BCUT2D eigenvalue weighted by molar-refractivity contribution is 8.13. The molecule has 0 radical (unpaired) electrons. The number of thioether (sulfide) groups is 1. The van der Waals surface area contributed by atoms with E-state index in [1.54, 1.807) is 24.3 Å². The summed E-state index contributed by atoms with van der Waals surface area (Å²) in [7, 11) is 0. The number of hydrogen-bond donors (Lipinski definition) is 0. The van der Waals surface area contributed by atoms with Crippen molar-refractivity contribution >= 4 is 23.3 Å². The van der Waals surface area contributed by atoms with E-state index in [4.69, 9.17) is 4.74 Å². The SMILES string of the molecule is CC(C)(C)OC(=O)Sc1cccc(C=O)c1. The Hall–Kier alpha value is -1.29. The highest BCUT2D eigenvalue weighted by Crippen LogP contribution is 2.23. The van der Waals surface area contributed by atoms with E-state index in [2.05, 4.69) is 0 Å². The molecule has 0 aromatic heterocycles. The van der Waals surface area contributed by atoms with Gasteiger partial charge in [-0.2, -0.15) is 0 Å². The van der Waals surface area contributed by atoms with Crippen LogP contribution in [0.15, 0.2) is 29.2 Å².